The quantitative estimate of drug-likeness (QED) is 0.697. The Balaban J connectivity index is 1.60. The monoisotopic (exact) mass is 412 g/mol. The minimum absolute atomic E-state index is 0.0573. The summed E-state index contributed by atoms with van der Waals surface area (Å²) < 4.78 is 27.5. The number of hydrogen-bond donors (Lipinski definition) is 1. The molecule has 1 fully saturated rings. The molecule has 3 heterocycles. The van der Waals surface area contributed by atoms with Crippen LogP contribution in [-0.4, -0.2) is 51.6 Å². The average Bonchev–Trinajstić information content (AvgIpc) is 3.39. The number of amides is 1. The molecule has 1 saturated heterocycles. The third-order valence-corrected chi connectivity index (χ3v) is 5.24. The van der Waals surface area contributed by atoms with E-state index in [-0.39, 0.29) is 23.9 Å². The standard InChI is InChI=1S/C21H22F2N6O/c1-28(2)21-24-8-7-17(26-21)15-12-25-27-20(15)18-4-3-9-29(18)19(30)11-13-10-14(22)5-6-16(13)23/h5-8,10,12,18H,3-4,9,11H2,1-2H3,(H,25,27). The van der Waals surface area contributed by atoms with Crippen molar-refractivity contribution in [2.45, 2.75) is 25.3 Å². The SMILES string of the molecule is CN(C)c1nccc(-c2cn[nH]c2C2CCCN2C(=O)Cc2cc(F)ccc2F)n1. The summed E-state index contributed by atoms with van der Waals surface area (Å²) in [7, 11) is 3.72. The van der Waals surface area contributed by atoms with E-state index in [1.807, 2.05) is 19.0 Å². The summed E-state index contributed by atoms with van der Waals surface area (Å²) in [5.74, 6) is -0.826. The molecule has 1 atom stereocenters. The molecule has 1 unspecified atom stereocenters. The Bertz CT molecular complexity index is 1070. The van der Waals surface area contributed by atoms with Gasteiger partial charge in [-0.15, -0.1) is 0 Å². The average molecular weight is 412 g/mol. The smallest absolute Gasteiger partial charge is 0.227 e. The molecule has 9 heteroatoms. The number of halogens is 2. The van der Waals surface area contributed by atoms with Gasteiger partial charge in [-0.25, -0.2) is 18.7 Å². The maximum atomic E-state index is 14.0. The number of nitrogens with zero attached hydrogens (tertiary/aromatic N) is 5. The number of carbonyl (C=O) groups excluding carboxylic acids is 1. The first-order valence-electron chi connectivity index (χ1n) is 9.71. The fourth-order valence-corrected chi connectivity index (χ4v) is 3.78. The van der Waals surface area contributed by atoms with Gasteiger partial charge in [0.15, 0.2) is 0 Å². The van der Waals surface area contributed by atoms with Gasteiger partial charge in [0.1, 0.15) is 11.6 Å². The highest BCUT2D eigenvalue weighted by Crippen LogP contribution is 2.36. The van der Waals surface area contributed by atoms with Gasteiger partial charge in [-0.2, -0.15) is 5.10 Å². The third-order valence-electron chi connectivity index (χ3n) is 5.24. The van der Waals surface area contributed by atoms with Gasteiger partial charge in [0.2, 0.25) is 11.9 Å². The minimum Gasteiger partial charge on any atom is -0.347 e. The van der Waals surface area contributed by atoms with Gasteiger partial charge in [0.25, 0.3) is 0 Å². The molecule has 2 aromatic heterocycles. The fraction of sp³-hybridized carbons (Fsp3) is 0.333. The van der Waals surface area contributed by atoms with Crippen molar-refractivity contribution in [3.05, 3.63) is 59.6 Å². The van der Waals surface area contributed by atoms with Crippen LogP contribution in [0.25, 0.3) is 11.3 Å². The molecule has 1 aromatic carbocycles. The van der Waals surface area contributed by atoms with E-state index in [1.165, 1.54) is 0 Å². The molecule has 3 aromatic rings. The summed E-state index contributed by atoms with van der Waals surface area (Å²) in [6, 6.07) is 4.73. The molecule has 0 bridgehead atoms. The largest absolute Gasteiger partial charge is 0.347 e. The number of rotatable bonds is 5. The van der Waals surface area contributed by atoms with Gasteiger partial charge in [0.05, 0.1) is 30.0 Å². The zero-order valence-electron chi connectivity index (χ0n) is 16.8. The molecule has 0 spiro atoms. The van der Waals surface area contributed by atoms with Crippen molar-refractivity contribution in [3.63, 3.8) is 0 Å². The lowest BCUT2D eigenvalue weighted by molar-refractivity contribution is -0.131. The summed E-state index contributed by atoms with van der Waals surface area (Å²) in [6.45, 7) is 0.547. The molecule has 1 N–H and O–H groups in total. The topological polar surface area (TPSA) is 78.0 Å². The maximum absolute atomic E-state index is 14.0. The van der Waals surface area contributed by atoms with Crippen LogP contribution in [0.5, 0.6) is 0 Å². The fourth-order valence-electron chi connectivity index (χ4n) is 3.78. The molecule has 0 saturated carbocycles. The van der Waals surface area contributed by atoms with Crippen molar-refractivity contribution in [1.29, 1.82) is 0 Å². The van der Waals surface area contributed by atoms with Crippen LogP contribution in [0.3, 0.4) is 0 Å². The highest BCUT2D eigenvalue weighted by molar-refractivity contribution is 5.80. The van der Waals surface area contributed by atoms with E-state index in [4.69, 9.17) is 0 Å². The Hall–Kier alpha value is -3.36. The van der Waals surface area contributed by atoms with Gasteiger partial charge in [0, 0.05) is 38.0 Å². The highest BCUT2D eigenvalue weighted by Gasteiger charge is 2.33. The van der Waals surface area contributed by atoms with Crippen LogP contribution in [0.2, 0.25) is 0 Å². The van der Waals surface area contributed by atoms with Crippen molar-refractivity contribution in [3.8, 4) is 11.3 Å². The lowest BCUT2D eigenvalue weighted by atomic mass is 10.0. The number of carbonyl (C=O) groups is 1. The zero-order valence-corrected chi connectivity index (χ0v) is 16.8. The van der Waals surface area contributed by atoms with Gasteiger partial charge in [-0.05, 0) is 37.1 Å². The second kappa shape index (κ2) is 8.17. The van der Waals surface area contributed by atoms with E-state index < -0.39 is 11.6 Å². The first kappa shape index (κ1) is 19.9. The van der Waals surface area contributed by atoms with E-state index in [9.17, 15) is 13.6 Å². The van der Waals surface area contributed by atoms with Crippen LogP contribution in [0.1, 0.15) is 30.1 Å². The second-order valence-electron chi connectivity index (χ2n) is 7.49. The number of nitrogens with one attached hydrogen (secondary N) is 1. The first-order valence-corrected chi connectivity index (χ1v) is 9.71. The van der Waals surface area contributed by atoms with Crippen molar-refractivity contribution in [2.75, 3.05) is 25.5 Å². The van der Waals surface area contributed by atoms with Crippen molar-refractivity contribution in [2.24, 2.45) is 0 Å². The third kappa shape index (κ3) is 3.87. The van der Waals surface area contributed by atoms with E-state index >= 15 is 0 Å². The van der Waals surface area contributed by atoms with Crippen LogP contribution in [0, 0.1) is 11.6 Å². The summed E-state index contributed by atoms with van der Waals surface area (Å²) in [5.41, 5.74) is 2.33. The molecule has 0 aliphatic carbocycles. The molecule has 1 amide bonds. The molecule has 1 aliphatic rings. The van der Waals surface area contributed by atoms with Crippen LogP contribution in [0.4, 0.5) is 14.7 Å². The van der Waals surface area contributed by atoms with E-state index in [0.717, 1.165) is 42.3 Å². The summed E-state index contributed by atoms with van der Waals surface area (Å²) >= 11 is 0. The zero-order chi connectivity index (χ0) is 21.3. The Morgan fingerprint density at radius 3 is 2.93 bits per heavy atom. The van der Waals surface area contributed by atoms with Crippen molar-refractivity contribution in [1.82, 2.24) is 25.1 Å². The predicted molar refractivity (Wildman–Crippen MR) is 108 cm³/mol. The lowest BCUT2D eigenvalue weighted by Crippen LogP contribution is -2.32. The Kier molecular flexibility index (Phi) is 5.43. The molecule has 1 aliphatic heterocycles. The molecule has 4 rings (SSSR count). The Morgan fingerprint density at radius 2 is 2.13 bits per heavy atom. The number of benzene rings is 1. The number of aromatic amines is 1. The van der Waals surface area contributed by atoms with Crippen molar-refractivity contribution >= 4 is 11.9 Å². The Morgan fingerprint density at radius 1 is 1.30 bits per heavy atom. The molecule has 156 valence electrons. The summed E-state index contributed by atoms with van der Waals surface area (Å²) in [5, 5.41) is 7.19. The van der Waals surface area contributed by atoms with Gasteiger partial charge >= 0.3 is 0 Å². The summed E-state index contributed by atoms with van der Waals surface area (Å²) in [4.78, 5) is 25.3. The first-order chi connectivity index (χ1) is 14.4. The summed E-state index contributed by atoms with van der Waals surface area (Å²) in [6.07, 6.45) is 4.73. The molecule has 30 heavy (non-hydrogen) atoms. The van der Waals surface area contributed by atoms with Crippen LogP contribution in [0.15, 0.2) is 36.7 Å². The second-order valence-corrected chi connectivity index (χ2v) is 7.49. The van der Waals surface area contributed by atoms with Crippen LogP contribution < -0.4 is 4.90 Å². The number of likely N-dealkylation sites (tertiary alicyclic amines) is 1. The van der Waals surface area contributed by atoms with Crippen LogP contribution in [-0.2, 0) is 11.2 Å². The molecular formula is C21H22F2N6O. The van der Waals surface area contributed by atoms with E-state index in [0.29, 0.717) is 18.2 Å². The number of H-pyrrole nitrogens is 1. The molecule has 7 nitrogen and oxygen atoms in total. The lowest BCUT2D eigenvalue weighted by Gasteiger charge is -2.25. The van der Waals surface area contributed by atoms with E-state index in [1.54, 1.807) is 23.4 Å². The van der Waals surface area contributed by atoms with Gasteiger partial charge < -0.3 is 9.80 Å². The van der Waals surface area contributed by atoms with Gasteiger partial charge in [-0.3, -0.25) is 9.89 Å². The number of hydrogen-bond acceptors (Lipinski definition) is 5. The molecule has 0 radical (unpaired) electrons. The van der Waals surface area contributed by atoms with Crippen molar-refractivity contribution < 1.29 is 13.6 Å². The van der Waals surface area contributed by atoms with E-state index in [2.05, 4.69) is 20.2 Å². The van der Waals surface area contributed by atoms with Gasteiger partial charge in [-0.1, -0.05) is 0 Å². The normalized spacial score (nSPS) is 16.1. The maximum Gasteiger partial charge on any atom is 0.227 e. The Labute approximate surface area is 172 Å². The molecular weight excluding hydrogens is 390 g/mol. The minimum atomic E-state index is -0.583. The predicted octanol–water partition coefficient (Wildman–Crippen LogP) is 3.12. The number of aromatic nitrogens is 4. The van der Waals surface area contributed by atoms with Crippen LogP contribution >= 0.6 is 0 Å². The number of anilines is 1. The highest BCUT2D eigenvalue weighted by atomic mass is 19.1.